The highest BCUT2D eigenvalue weighted by Gasteiger charge is 2.32. The predicted octanol–water partition coefficient (Wildman–Crippen LogP) is 7.11. The average molecular weight is 683 g/mol. The number of esters is 1. The Balaban J connectivity index is 1.21. The van der Waals surface area contributed by atoms with Crippen molar-refractivity contribution in [2.75, 3.05) is 22.6 Å². The molecule has 254 valence electrons. The van der Waals surface area contributed by atoms with E-state index in [1.54, 1.807) is 49.6 Å². The van der Waals surface area contributed by atoms with Gasteiger partial charge in [0, 0.05) is 54.7 Å². The van der Waals surface area contributed by atoms with Crippen LogP contribution >= 0.6 is 0 Å². The first kappa shape index (κ1) is 33.4. The Kier molecular flexibility index (Phi) is 9.04. The number of imidazole rings is 1. The van der Waals surface area contributed by atoms with E-state index in [-0.39, 0.29) is 29.5 Å². The second-order valence-electron chi connectivity index (χ2n) is 11.3. The van der Waals surface area contributed by atoms with Gasteiger partial charge in [-0.3, -0.25) is 19.1 Å². The lowest BCUT2D eigenvalue weighted by molar-refractivity contribution is -0.142. The number of carbonyl (C=O) groups excluding carboxylic acids is 3. The first-order valence-electron chi connectivity index (χ1n) is 15.1. The zero-order valence-corrected chi connectivity index (χ0v) is 26.9. The summed E-state index contributed by atoms with van der Waals surface area (Å²) in [5.41, 5.74) is 1.95. The molecule has 0 radical (unpaired) electrons. The summed E-state index contributed by atoms with van der Waals surface area (Å²) in [4.78, 5) is 52.2. The van der Waals surface area contributed by atoms with Crippen molar-refractivity contribution in [2.24, 2.45) is 0 Å². The number of anilines is 4. The SMILES string of the molecule is CC(=O)OCc1cccc(Nc2ncnc3c2ccn3C(=O)N(C)c2cccc(NC(=O)c3cc(-n4cnc(C)c4)cc(C(F)(F)F)c3)c2)c1. The lowest BCUT2D eigenvalue weighted by atomic mass is 10.1. The summed E-state index contributed by atoms with van der Waals surface area (Å²) in [6.07, 6.45) is 1.11. The van der Waals surface area contributed by atoms with Gasteiger partial charge < -0.3 is 19.9 Å². The molecule has 0 aliphatic heterocycles. The van der Waals surface area contributed by atoms with E-state index in [1.165, 1.54) is 52.8 Å². The fourth-order valence-corrected chi connectivity index (χ4v) is 5.15. The number of ether oxygens (including phenoxy) is 1. The standard InChI is InChI=1S/C35H29F3N8O4/c1-21-17-45(20-41-21)29-14-24(13-25(15-29)35(36,37)38)33(48)43-27-8-5-9-28(16-27)44(3)34(49)46-11-10-30-31(39-19-40-32(30)46)42-26-7-4-6-23(12-26)18-50-22(2)47/h4-17,19-20H,18H2,1-3H3,(H,43,48)(H,39,40,42). The van der Waals surface area contributed by atoms with Gasteiger partial charge in [-0.15, -0.1) is 0 Å². The van der Waals surface area contributed by atoms with Gasteiger partial charge in [0.05, 0.1) is 23.0 Å². The third kappa shape index (κ3) is 7.31. The second kappa shape index (κ2) is 13.5. The molecule has 3 heterocycles. The number of aryl methyl sites for hydroxylation is 1. The highest BCUT2D eigenvalue weighted by molar-refractivity contribution is 6.06. The molecule has 6 rings (SSSR count). The van der Waals surface area contributed by atoms with Crippen LogP contribution in [0, 0.1) is 6.92 Å². The van der Waals surface area contributed by atoms with E-state index < -0.39 is 23.7 Å². The van der Waals surface area contributed by atoms with Crippen LogP contribution in [0.25, 0.3) is 16.7 Å². The molecule has 0 aliphatic carbocycles. The lowest BCUT2D eigenvalue weighted by Crippen LogP contribution is -2.30. The van der Waals surface area contributed by atoms with E-state index in [4.69, 9.17) is 4.74 Å². The van der Waals surface area contributed by atoms with Crippen molar-refractivity contribution >= 4 is 51.8 Å². The Morgan fingerprint density at radius 3 is 2.46 bits per heavy atom. The van der Waals surface area contributed by atoms with Crippen LogP contribution in [-0.2, 0) is 22.3 Å². The van der Waals surface area contributed by atoms with Gasteiger partial charge in [0.15, 0.2) is 5.65 Å². The van der Waals surface area contributed by atoms with Gasteiger partial charge in [0.1, 0.15) is 18.8 Å². The molecule has 0 saturated carbocycles. The molecule has 15 heteroatoms. The molecule has 0 unspecified atom stereocenters. The van der Waals surface area contributed by atoms with Crippen LogP contribution in [0.5, 0.6) is 0 Å². The lowest BCUT2D eigenvalue weighted by Gasteiger charge is -2.19. The number of halogens is 3. The van der Waals surface area contributed by atoms with Crippen molar-refractivity contribution in [2.45, 2.75) is 26.6 Å². The number of fused-ring (bicyclic) bond motifs is 1. The summed E-state index contributed by atoms with van der Waals surface area (Å²) in [5, 5.41) is 6.42. The van der Waals surface area contributed by atoms with Crippen LogP contribution in [0.1, 0.15) is 34.1 Å². The van der Waals surface area contributed by atoms with Crippen molar-refractivity contribution in [3.05, 3.63) is 120 Å². The molecule has 2 N–H and O–H groups in total. The van der Waals surface area contributed by atoms with Gasteiger partial charge in [0.25, 0.3) is 5.91 Å². The zero-order valence-electron chi connectivity index (χ0n) is 26.9. The normalized spacial score (nSPS) is 11.3. The van der Waals surface area contributed by atoms with Crippen molar-refractivity contribution in [3.63, 3.8) is 0 Å². The molecule has 0 atom stereocenters. The quantitative estimate of drug-likeness (QED) is 0.162. The van der Waals surface area contributed by atoms with Crippen molar-refractivity contribution < 1.29 is 32.3 Å². The number of nitrogens with one attached hydrogen (secondary N) is 2. The number of hydrogen-bond acceptors (Lipinski definition) is 8. The molecule has 3 aromatic heterocycles. The molecule has 12 nitrogen and oxygen atoms in total. The molecule has 2 amide bonds. The Hall–Kier alpha value is -6.51. The molecule has 50 heavy (non-hydrogen) atoms. The van der Waals surface area contributed by atoms with Crippen molar-refractivity contribution in [1.82, 2.24) is 24.1 Å². The van der Waals surface area contributed by atoms with Gasteiger partial charge in [-0.05, 0) is 67.1 Å². The maximum absolute atomic E-state index is 13.8. The van der Waals surface area contributed by atoms with Gasteiger partial charge in [-0.1, -0.05) is 18.2 Å². The summed E-state index contributed by atoms with van der Waals surface area (Å²) in [7, 11) is 1.54. The van der Waals surface area contributed by atoms with E-state index in [0.29, 0.717) is 33.9 Å². The fraction of sp³-hybridized carbons (Fsp3) is 0.143. The number of carbonyl (C=O) groups is 3. The second-order valence-corrected chi connectivity index (χ2v) is 11.3. The van der Waals surface area contributed by atoms with Gasteiger partial charge >= 0.3 is 18.2 Å². The Morgan fingerprint density at radius 1 is 0.940 bits per heavy atom. The summed E-state index contributed by atoms with van der Waals surface area (Å²) >= 11 is 0. The van der Waals surface area contributed by atoms with Crippen LogP contribution in [0.2, 0.25) is 0 Å². The van der Waals surface area contributed by atoms with E-state index in [0.717, 1.165) is 17.7 Å². The molecule has 0 spiro atoms. The minimum absolute atomic E-state index is 0.115. The summed E-state index contributed by atoms with van der Waals surface area (Å²) in [5.74, 6) is -0.719. The summed E-state index contributed by atoms with van der Waals surface area (Å²) < 4.78 is 49.1. The third-order valence-electron chi connectivity index (χ3n) is 7.61. The molecular weight excluding hydrogens is 653 g/mol. The Labute approximate surface area is 283 Å². The number of aromatic nitrogens is 5. The minimum atomic E-state index is -4.69. The topological polar surface area (TPSA) is 136 Å². The number of rotatable bonds is 8. The minimum Gasteiger partial charge on any atom is -0.461 e. The van der Waals surface area contributed by atoms with Crippen LogP contribution < -0.4 is 15.5 Å². The molecular formula is C35H29F3N8O4. The number of alkyl halides is 3. The molecule has 6 aromatic rings. The highest BCUT2D eigenvalue weighted by Crippen LogP contribution is 2.32. The van der Waals surface area contributed by atoms with E-state index in [1.807, 2.05) is 18.2 Å². The Morgan fingerprint density at radius 2 is 1.72 bits per heavy atom. The first-order valence-corrected chi connectivity index (χ1v) is 15.1. The van der Waals surface area contributed by atoms with Crippen LogP contribution in [0.4, 0.5) is 40.8 Å². The van der Waals surface area contributed by atoms with Gasteiger partial charge in [-0.25, -0.2) is 19.7 Å². The molecule has 0 bridgehead atoms. The zero-order chi connectivity index (χ0) is 35.6. The van der Waals surface area contributed by atoms with Crippen molar-refractivity contribution in [3.8, 4) is 5.69 Å². The fourth-order valence-electron chi connectivity index (χ4n) is 5.15. The summed E-state index contributed by atoms with van der Waals surface area (Å²) in [6.45, 7) is 3.15. The highest BCUT2D eigenvalue weighted by atomic mass is 19.4. The largest absolute Gasteiger partial charge is 0.461 e. The molecule has 3 aromatic carbocycles. The maximum Gasteiger partial charge on any atom is 0.416 e. The van der Waals surface area contributed by atoms with Crippen LogP contribution in [0.3, 0.4) is 0 Å². The monoisotopic (exact) mass is 682 g/mol. The number of amides is 2. The average Bonchev–Trinajstić information content (AvgIpc) is 3.73. The van der Waals surface area contributed by atoms with Gasteiger partial charge in [0.2, 0.25) is 0 Å². The van der Waals surface area contributed by atoms with Crippen LogP contribution in [0.15, 0.2) is 97.8 Å². The maximum atomic E-state index is 13.8. The Bertz CT molecular complexity index is 2240. The summed E-state index contributed by atoms with van der Waals surface area (Å²) in [6, 6.07) is 17.9. The predicted molar refractivity (Wildman–Crippen MR) is 180 cm³/mol. The van der Waals surface area contributed by atoms with Gasteiger partial charge in [-0.2, -0.15) is 13.2 Å². The molecule has 0 saturated heterocycles. The molecule has 0 aliphatic rings. The number of hydrogen-bond donors (Lipinski definition) is 2. The first-order chi connectivity index (χ1) is 23.9. The third-order valence-corrected chi connectivity index (χ3v) is 7.61. The van der Waals surface area contributed by atoms with Crippen molar-refractivity contribution in [1.29, 1.82) is 0 Å². The van der Waals surface area contributed by atoms with E-state index in [9.17, 15) is 27.6 Å². The smallest absolute Gasteiger partial charge is 0.416 e. The van der Waals surface area contributed by atoms with E-state index in [2.05, 4.69) is 25.6 Å². The number of nitrogens with zero attached hydrogens (tertiary/aromatic N) is 6. The van der Waals surface area contributed by atoms with E-state index >= 15 is 0 Å². The molecule has 0 fully saturated rings. The number of benzene rings is 3. The van der Waals surface area contributed by atoms with Crippen LogP contribution in [-0.4, -0.2) is 49.0 Å².